The summed E-state index contributed by atoms with van der Waals surface area (Å²) in [5, 5.41) is 25.9. The number of rotatable bonds is 11. The number of hydrogen-bond donors (Lipinski definition) is 4. The summed E-state index contributed by atoms with van der Waals surface area (Å²) in [5.74, 6) is -13.8. The van der Waals surface area contributed by atoms with Crippen LogP contribution in [0.5, 0.6) is 5.75 Å². The molecular formula is C35H43N5O13. The Morgan fingerprint density at radius 2 is 1.75 bits per heavy atom. The van der Waals surface area contributed by atoms with Crippen molar-refractivity contribution in [2.75, 3.05) is 51.5 Å². The number of likely N-dealkylation sites (N-methyl/N-ethyl adjacent to an activating group) is 1. The molecule has 286 valence electrons. The van der Waals surface area contributed by atoms with Gasteiger partial charge >= 0.3 is 11.9 Å². The van der Waals surface area contributed by atoms with Crippen LogP contribution in [0.3, 0.4) is 0 Å². The second-order valence-electron chi connectivity index (χ2n) is 14.1. The maximum absolute atomic E-state index is 14.3. The number of carbonyl (C=O) groups is 7. The van der Waals surface area contributed by atoms with Crippen molar-refractivity contribution in [3.8, 4) is 5.75 Å². The number of nitrogens with two attached hydrogens (primary N) is 1. The molecule has 6 atom stereocenters. The highest BCUT2D eigenvalue weighted by molar-refractivity contribution is 6.32. The first-order valence-electron chi connectivity index (χ1n) is 17.1. The number of aryl methyl sites for hydroxylation is 1. The van der Waals surface area contributed by atoms with E-state index in [1.165, 1.54) is 32.0 Å². The van der Waals surface area contributed by atoms with Gasteiger partial charge in [-0.25, -0.2) is 9.59 Å². The third-order valence-corrected chi connectivity index (χ3v) is 10.3. The van der Waals surface area contributed by atoms with Crippen molar-refractivity contribution in [1.29, 1.82) is 0 Å². The maximum atomic E-state index is 14.3. The largest absolute Gasteiger partial charge is 0.519 e. The second-order valence-corrected chi connectivity index (χ2v) is 14.1. The van der Waals surface area contributed by atoms with E-state index < -0.39 is 101 Å². The number of aromatic hydroxyl groups is 1. The number of hydrogen-bond acceptors (Lipinski definition) is 15. The van der Waals surface area contributed by atoms with E-state index in [2.05, 4.69) is 5.32 Å². The summed E-state index contributed by atoms with van der Waals surface area (Å²) in [7, 11) is 6.33. The molecule has 1 heterocycles. The fourth-order valence-corrected chi connectivity index (χ4v) is 7.82. The molecule has 2 fully saturated rings. The number of benzene rings is 1. The summed E-state index contributed by atoms with van der Waals surface area (Å²) in [5.41, 5.74) is 2.72. The van der Waals surface area contributed by atoms with Gasteiger partial charge in [-0.05, 0) is 57.8 Å². The van der Waals surface area contributed by atoms with Crippen molar-refractivity contribution >= 4 is 52.4 Å². The fraction of sp³-hybridized carbons (Fsp3) is 0.543. The van der Waals surface area contributed by atoms with Gasteiger partial charge in [0.05, 0.1) is 23.2 Å². The lowest BCUT2D eigenvalue weighted by Gasteiger charge is -2.52. The van der Waals surface area contributed by atoms with Gasteiger partial charge in [-0.15, -0.1) is 0 Å². The smallest absolute Gasteiger partial charge is 0.505 e. The van der Waals surface area contributed by atoms with Crippen molar-refractivity contribution in [1.82, 2.24) is 9.80 Å². The standard InChI is InChI=1S/C35H43N5O13/c1-7-8-9-40(33(48)51-14-21-15(2)52-34(49)53-21)13-22(41)37-19-12-20(38(3)4)17-10-16-11-18-26(39(5)6)29(44)25(32(36)47)31(46)35(18,50)30(45)23(16)28(43)24(17)27(19)42/h12,16,18,23,25-26,42,50H,7-11,13-14H2,1-6H3,(H2,36,47)(H,37,41)/t16?,18?,23?,25?,26-,35-/m0/s1. The molecule has 1 aromatic heterocycles. The van der Waals surface area contributed by atoms with Gasteiger partial charge in [-0.3, -0.25) is 38.6 Å². The van der Waals surface area contributed by atoms with Gasteiger partial charge in [0, 0.05) is 32.2 Å². The number of ether oxygens (including phenoxy) is 1. The van der Waals surface area contributed by atoms with Crippen LogP contribution in [-0.2, 0) is 41.7 Å². The molecule has 4 unspecified atom stereocenters. The van der Waals surface area contributed by atoms with Gasteiger partial charge in [0.2, 0.25) is 11.8 Å². The van der Waals surface area contributed by atoms with E-state index in [0.29, 0.717) is 24.1 Å². The molecular weight excluding hydrogens is 698 g/mol. The quantitative estimate of drug-likeness (QED) is 0.177. The number of nitrogens with zero attached hydrogens (tertiary/aromatic N) is 3. The van der Waals surface area contributed by atoms with Crippen molar-refractivity contribution < 1.29 is 57.3 Å². The Morgan fingerprint density at radius 3 is 2.32 bits per heavy atom. The van der Waals surface area contributed by atoms with E-state index in [4.69, 9.17) is 19.3 Å². The normalized spacial score (nSPS) is 25.0. The average molecular weight is 742 g/mol. The van der Waals surface area contributed by atoms with Gasteiger partial charge in [-0.2, -0.15) is 0 Å². The minimum Gasteiger partial charge on any atom is -0.505 e. The number of phenols is 1. The van der Waals surface area contributed by atoms with Crippen molar-refractivity contribution in [2.45, 2.75) is 57.8 Å². The lowest BCUT2D eigenvalue weighted by atomic mass is 9.52. The number of primary amides is 1. The van der Waals surface area contributed by atoms with Crippen LogP contribution in [0.25, 0.3) is 0 Å². The van der Waals surface area contributed by atoms with E-state index in [1.807, 2.05) is 6.92 Å². The lowest BCUT2D eigenvalue weighted by Crippen LogP contribution is -2.74. The molecule has 5 rings (SSSR count). The molecule has 18 nitrogen and oxygen atoms in total. The molecule has 1 aromatic carbocycles. The number of anilines is 2. The number of fused-ring (bicyclic) bond motifs is 3. The number of nitrogens with one attached hydrogen (secondary N) is 1. The Bertz CT molecular complexity index is 1950. The molecule has 0 spiro atoms. The Kier molecular flexibility index (Phi) is 10.7. The molecule has 18 heteroatoms. The van der Waals surface area contributed by atoms with Crippen LogP contribution in [0.4, 0.5) is 16.2 Å². The first-order valence-corrected chi connectivity index (χ1v) is 17.1. The molecule has 2 saturated carbocycles. The van der Waals surface area contributed by atoms with Crippen LogP contribution in [0.1, 0.15) is 53.6 Å². The second kappa shape index (κ2) is 14.6. The SMILES string of the molecule is CCCCN(CC(=O)Nc1cc(N(C)C)c2c(c1O)C(=O)C1C(=O)[C@]3(O)C(=O)C(C(N)=O)C(=O)[C@@H](N(C)C)C3CC1C2)C(=O)OCc1oc(=O)oc1C. The molecule has 0 saturated heterocycles. The van der Waals surface area contributed by atoms with Gasteiger partial charge < -0.3 is 39.7 Å². The van der Waals surface area contributed by atoms with Crippen molar-refractivity contribution in [3.63, 3.8) is 0 Å². The molecule has 3 aliphatic carbocycles. The zero-order valence-corrected chi connectivity index (χ0v) is 30.2. The minimum absolute atomic E-state index is 0.00372. The first-order chi connectivity index (χ1) is 24.8. The molecule has 5 N–H and O–H groups in total. The summed E-state index contributed by atoms with van der Waals surface area (Å²) >= 11 is 0. The number of unbranched alkanes of at least 4 members (excludes halogenated alkanes) is 1. The fourth-order valence-electron chi connectivity index (χ4n) is 7.82. The number of ketones is 4. The van der Waals surface area contributed by atoms with E-state index in [1.54, 1.807) is 19.0 Å². The number of carbonyl (C=O) groups excluding carboxylic acids is 7. The van der Waals surface area contributed by atoms with E-state index in [9.17, 15) is 48.6 Å². The zero-order chi connectivity index (χ0) is 39.3. The van der Waals surface area contributed by atoms with E-state index in [0.717, 1.165) is 4.90 Å². The van der Waals surface area contributed by atoms with Crippen molar-refractivity contribution in [3.05, 3.63) is 39.3 Å². The first kappa shape index (κ1) is 38.9. The van der Waals surface area contributed by atoms with Gasteiger partial charge in [0.1, 0.15) is 12.3 Å². The number of phenolic OH excluding ortho intramolecular Hbond substituents is 1. The molecule has 0 radical (unpaired) electrons. The van der Waals surface area contributed by atoms with Gasteiger partial charge in [-0.1, -0.05) is 13.3 Å². The Morgan fingerprint density at radius 1 is 1.08 bits per heavy atom. The topological polar surface area (TPSA) is 260 Å². The number of Topliss-reactive ketones (excluding diaryl/α,β-unsaturated/α-hetero) is 4. The van der Waals surface area contributed by atoms with Crippen LogP contribution in [0, 0.1) is 30.6 Å². The third-order valence-electron chi connectivity index (χ3n) is 10.3. The number of amides is 3. The predicted molar refractivity (Wildman–Crippen MR) is 183 cm³/mol. The summed E-state index contributed by atoms with van der Waals surface area (Å²) in [6.45, 7) is 2.46. The molecule has 3 aliphatic rings. The lowest BCUT2D eigenvalue weighted by molar-refractivity contribution is -0.181. The van der Waals surface area contributed by atoms with Crippen molar-refractivity contribution in [2.24, 2.45) is 29.4 Å². The van der Waals surface area contributed by atoms with E-state index in [-0.39, 0.29) is 42.2 Å². The minimum atomic E-state index is -2.89. The van der Waals surface area contributed by atoms with Crippen LogP contribution in [0.15, 0.2) is 19.7 Å². The van der Waals surface area contributed by atoms with Gasteiger partial charge in [0.15, 0.2) is 52.8 Å². The summed E-state index contributed by atoms with van der Waals surface area (Å²) in [6.07, 6.45) is 0.169. The van der Waals surface area contributed by atoms with E-state index >= 15 is 0 Å². The Balaban J connectivity index is 1.46. The third kappa shape index (κ3) is 6.72. The highest BCUT2D eigenvalue weighted by atomic mass is 16.6. The highest BCUT2D eigenvalue weighted by Crippen LogP contribution is 2.52. The predicted octanol–water partition coefficient (Wildman–Crippen LogP) is 0.165. The van der Waals surface area contributed by atoms with Crippen LogP contribution in [-0.4, -0.2) is 114 Å². The molecule has 3 amide bonds. The molecule has 53 heavy (non-hydrogen) atoms. The highest BCUT2D eigenvalue weighted by Gasteiger charge is 2.69. The Hall–Kier alpha value is -5.36. The molecule has 0 aliphatic heterocycles. The summed E-state index contributed by atoms with van der Waals surface area (Å²) in [4.78, 5) is 110. The molecule has 0 bridgehead atoms. The average Bonchev–Trinajstić information content (AvgIpc) is 3.40. The Labute approximate surface area is 303 Å². The maximum Gasteiger partial charge on any atom is 0.519 e. The monoisotopic (exact) mass is 741 g/mol. The van der Waals surface area contributed by atoms with Crippen LogP contribution >= 0.6 is 0 Å². The van der Waals surface area contributed by atoms with Crippen LogP contribution < -0.4 is 21.8 Å². The number of aliphatic hydroxyl groups is 1. The summed E-state index contributed by atoms with van der Waals surface area (Å²) < 4.78 is 14.9. The molecule has 2 aromatic rings. The van der Waals surface area contributed by atoms with Gasteiger partial charge in [0.25, 0.3) is 0 Å². The van der Waals surface area contributed by atoms with Crippen LogP contribution in [0.2, 0.25) is 0 Å². The summed E-state index contributed by atoms with van der Waals surface area (Å²) in [6, 6.07) is 0.202. The zero-order valence-electron chi connectivity index (χ0n) is 30.2.